The molecule has 0 bridgehead atoms. The molecule has 0 atom stereocenters. The van der Waals surface area contributed by atoms with Gasteiger partial charge in [-0.05, 0) is 36.2 Å². The van der Waals surface area contributed by atoms with Crippen LogP contribution in [0.4, 0.5) is 5.69 Å². The van der Waals surface area contributed by atoms with Gasteiger partial charge in [-0.2, -0.15) is 0 Å². The van der Waals surface area contributed by atoms with Crippen LogP contribution in [0, 0.1) is 6.92 Å². The van der Waals surface area contributed by atoms with Crippen molar-refractivity contribution in [2.45, 2.75) is 20.0 Å². The molecule has 0 aliphatic rings. The largest absolute Gasteiger partial charge is 0.493 e. The number of nitrogens with one attached hydrogen (secondary N) is 1. The standard InChI is InChI=1S/C22H22N2O3/c1-16-6-3-4-8-18(16)12-22(25)24-19-9-10-20(26-2)21(13-19)27-15-17-7-5-11-23-14-17/h3-11,13-14H,12,15H2,1-2H3,(H,24,25). The quantitative estimate of drug-likeness (QED) is 0.686. The Balaban J connectivity index is 1.68. The molecule has 1 aromatic heterocycles. The number of pyridine rings is 1. The molecule has 5 heteroatoms. The summed E-state index contributed by atoms with van der Waals surface area (Å²) in [6, 6.07) is 17.0. The third kappa shape index (κ3) is 5.07. The molecule has 5 nitrogen and oxygen atoms in total. The molecule has 0 unspecified atom stereocenters. The van der Waals surface area contributed by atoms with Crippen molar-refractivity contribution in [1.82, 2.24) is 4.98 Å². The molecule has 1 N–H and O–H groups in total. The number of carbonyl (C=O) groups excluding carboxylic acids is 1. The van der Waals surface area contributed by atoms with Crippen molar-refractivity contribution < 1.29 is 14.3 Å². The highest BCUT2D eigenvalue weighted by atomic mass is 16.5. The van der Waals surface area contributed by atoms with E-state index in [9.17, 15) is 4.79 Å². The van der Waals surface area contributed by atoms with Crippen LogP contribution in [0.3, 0.4) is 0 Å². The van der Waals surface area contributed by atoms with Crippen LogP contribution in [0.25, 0.3) is 0 Å². The molecule has 1 heterocycles. The molecule has 3 aromatic rings. The van der Waals surface area contributed by atoms with Crippen molar-refractivity contribution in [1.29, 1.82) is 0 Å². The summed E-state index contributed by atoms with van der Waals surface area (Å²) < 4.78 is 11.2. The number of rotatable bonds is 7. The van der Waals surface area contributed by atoms with Gasteiger partial charge in [0.2, 0.25) is 5.91 Å². The average molecular weight is 362 g/mol. The number of hydrogen-bond donors (Lipinski definition) is 1. The van der Waals surface area contributed by atoms with E-state index in [-0.39, 0.29) is 5.91 Å². The van der Waals surface area contributed by atoms with E-state index in [2.05, 4.69) is 10.3 Å². The van der Waals surface area contributed by atoms with Crippen LogP contribution in [-0.2, 0) is 17.8 Å². The van der Waals surface area contributed by atoms with Crippen molar-refractivity contribution in [2.24, 2.45) is 0 Å². The number of aromatic nitrogens is 1. The van der Waals surface area contributed by atoms with E-state index in [0.717, 1.165) is 16.7 Å². The third-order valence-electron chi connectivity index (χ3n) is 4.18. The average Bonchev–Trinajstić information content (AvgIpc) is 2.69. The van der Waals surface area contributed by atoms with Gasteiger partial charge < -0.3 is 14.8 Å². The first-order valence-electron chi connectivity index (χ1n) is 8.70. The Morgan fingerprint density at radius 3 is 2.67 bits per heavy atom. The molecular formula is C22H22N2O3. The lowest BCUT2D eigenvalue weighted by Crippen LogP contribution is -2.15. The van der Waals surface area contributed by atoms with E-state index in [4.69, 9.17) is 9.47 Å². The lowest BCUT2D eigenvalue weighted by atomic mass is 10.1. The van der Waals surface area contributed by atoms with Gasteiger partial charge in [0.15, 0.2) is 11.5 Å². The van der Waals surface area contributed by atoms with Crippen molar-refractivity contribution in [3.05, 3.63) is 83.7 Å². The maximum Gasteiger partial charge on any atom is 0.228 e. The Labute approximate surface area is 159 Å². The molecule has 0 aliphatic carbocycles. The summed E-state index contributed by atoms with van der Waals surface area (Å²) in [5.74, 6) is 1.10. The van der Waals surface area contributed by atoms with Crippen LogP contribution in [0.5, 0.6) is 11.5 Å². The molecule has 0 spiro atoms. The lowest BCUT2D eigenvalue weighted by molar-refractivity contribution is -0.115. The van der Waals surface area contributed by atoms with E-state index < -0.39 is 0 Å². The summed E-state index contributed by atoms with van der Waals surface area (Å²) in [6.07, 6.45) is 3.79. The minimum Gasteiger partial charge on any atom is -0.493 e. The fourth-order valence-corrected chi connectivity index (χ4v) is 2.70. The van der Waals surface area contributed by atoms with Crippen LogP contribution in [0.2, 0.25) is 0 Å². The smallest absolute Gasteiger partial charge is 0.228 e. The Morgan fingerprint density at radius 2 is 1.93 bits per heavy atom. The minimum absolute atomic E-state index is 0.0762. The number of aryl methyl sites for hydroxylation is 1. The highest BCUT2D eigenvalue weighted by Crippen LogP contribution is 2.31. The van der Waals surface area contributed by atoms with Crippen LogP contribution in [0.15, 0.2) is 67.0 Å². The molecule has 3 rings (SSSR count). The molecule has 0 radical (unpaired) electrons. The highest BCUT2D eigenvalue weighted by molar-refractivity contribution is 5.92. The number of amides is 1. The van der Waals surface area contributed by atoms with Gasteiger partial charge in [-0.1, -0.05) is 30.3 Å². The normalized spacial score (nSPS) is 10.3. The Bertz CT molecular complexity index is 910. The zero-order chi connectivity index (χ0) is 19.1. The molecule has 0 saturated carbocycles. The summed E-state index contributed by atoms with van der Waals surface area (Å²) in [4.78, 5) is 16.5. The van der Waals surface area contributed by atoms with Crippen molar-refractivity contribution in [2.75, 3.05) is 12.4 Å². The van der Waals surface area contributed by atoms with Crippen LogP contribution in [0.1, 0.15) is 16.7 Å². The Morgan fingerprint density at radius 1 is 1.07 bits per heavy atom. The van der Waals surface area contributed by atoms with Gasteiger partial charge >= 0.3 is 0 Å². The number of methoxy groups -OCH3 is 1. The number of ether oxygens (including phenoxy) is 2. The molecule has 27 heavy (non-hydrogen) atoms. The summed E-state index contributed by atoms with van der Waals surface area (Å²) in [7, 11) is 1.59. The summed E-state index contributed by atoms with van der Waals surface area (Å²) in [5.41, 5.74) is 3.73. The molecule has 138 valence electrons. The molecule has 0 aliphatic heterocycles. The van der Waals surface area contributed by atoms with Crippen LogP contribution < -0.4 is 14.8 Å². The molecule has 1 amide bonds. The van der Waals surface area contributed by atoms with Gasteiger partial charge in [-0.15, -0.1) is 0 Å². The summed E-state index contributed by atoms with van der Waals surface area (Å²) in [5, 5.41) is 2.92. The summed E-state index contributed by atoms with van der Waals surface area (Å²) >= 11 is 0. The van der Waals surface area contributed by atoms with Crippen LogP contribution >= 0.6 is 0 Å². The molecule has 0 saturated heterocycles. The van der Waals surface area contributed by atoms with Gasteiger partial charge in [0.1, 0.15) is 6.61 Å². The molecule has 0 fully saturated rings. The van der Waals surface area contributed by atoms with Gasteiger partial charge in [-0.25, -0.2) is 0 Å². The second-order valence-corrected chi connectivity index (χ2v) is 6.17. The molecule has 2 aromatic carbocycles. The number of nitrogens with zero attached hydrogens (tertiary/aromatic N) is 1. The van der Waals surface area contributed by atoms with E-state index in [1.54, 1.807) is 37.7 Å². The van der Waals surface area contributed by atoms with Gasteiger partial charge in [0.25, 0.3) is 0 Å². The molecular weight excluding hydrogens is 340 g/mol. The Kier molecular flexibility index (Phi) is 6.05. The second kappa shape index (κ2) is 8.85. The fraction of sp³-hybridized carbons (Fsp3) is 0.182. The third-order valence-corrected chi connectivity index (χ3v) is 4.18. The van der Waals surface area contributed by atoms with Gasteiger partial charge in [0, 0.05) is 29.7 Å². The number of carbonyl (C=O) groups is 1. The first-order valence-corrected chi connectivity index (χ1v) is 8.70. The highest BCUT2D eigenvalue weighted by Gasteiger charge is 2.10. The van der Waals surface area contributed by atoms with E-state index in [1.165, 1.54) is 0 Å². The first kappa shape index (κ1) is 18.5. The zero-order valence-corrected chi connectivity index (χ0v) is 15.4. The maximum atomic E-state index is 12.4. The van der Waals surface area contributed by atoms with Gasteiger partial charge in [0.05, 0.1) is 13.5 Å². The Hall–Kier alpha value is -3.34. The fourth-order valence-electron chi connectivity index (χ4n) is 2.70. The van der Waals surface area contributed by atoms with Crippen LogP contribution in [-0.4, -0.2) is 18.0 Å². The predicted molar refractivity (Wildman–Crippen MR) is 105 cm³/mol. The maximum absolute atomic E-state index is 12.4. The lowest BCUT2D eigenvalue weighted by Gasteiger charge is -2.13. The SMILES string of the molecule is COc1ccc(NC(=O)Cc2ccccc2C)cc1OCc1cccnc1. The van der Waals surface area contributed by atoms with E-state index in [0.29, 0.717) is 30.2 Å². The summed E-state index contributed by atoms with van der Waals surface area (Å²) in [6.45, 7) is 2.37. The minimum atomic E-state index is -0.0762. The van der Waals surface area contributed by atoms with E-state index in [1.807, 2.05) is 43.3 Å². The topological polar surface area (TPSA) is 60.5 Å². The first-order chi connectivity index (χ1) is 13.2. The number of hydrogen-bond acceptors (Lipinski definition) is 4. The van der Waals surface area contributed by atoms with E-state index >= 15 is 0 Å². The number of benzene rings is 2. The van der Waals surface area contributed by atoms with Crippen molar-refractivity contribution in [3.8, 4) is 11.5 Å². The van der Waals surface area contributed by atoms with Crippen molar-refractivity contribution in [3.63, 3.8) is 0 Å². The zero-order valence-electron chi connectivity index (χ0n) is 15.4. The monoisotopic (exact) mass is 362 g/mol. The van der Waals surface area contributed by atoms with Crippen molar-refractivity contribution >= 4 is 11.6 Å². The second-order valence-electron chi connectivity index (χ2n) is 6.17. The predicted octanol–water partition coefficient (Wildman–Crippen LogP) is 4.16. The number of anilines is 1. The van der Waals surface area contributed by atoms with Gasteiger partial charge in [-0.3, -0.25) is 9.78 Å².